The zero-order valence-electron chi connectivity index (χ0n) is 11.9. The lowest BCUT2D eigenvalue weighted by Gasteiger charge is -2.31. The number of fused-ring (bicyclic) bond motifs is 1. The van der Waals surface area contributed by atoms with E-state index in [0.717, 1.165) is 16.7 Å². The summed E-state index contributed by atoms with van der Waals surface area (Å²) in [4.78, 5) is 14.5. The second-order valence-electron chi connectivity index (χ2n) is 5.24. The molecular formula is C16H15N3O3. The average molecular weight is 297 g/mol. The second-order valence-corrected chi connectivity index (χ2v) is 5.24. The smallest absolute Gasteiger partial charge is 0.275 e. The predicted octanol–water partition coefficient (Wildman–Crippen LogP) is 2.37. The van der Waals surface area contributed by atoms with Crippen molar-refractivity contribution in [2.75, 3.05) is 19.7 Å². The number of ether oxygens (including phenoxy) is 1. The van der Waals surface area contributed by atoms with Gasteiger partial charge in [0.05, 0.1) is 24.9 Å². The molecule has 0 radical (unpaired) electrons. The van der Waals surface area contributed by atoms with Crippen LogP contribution in [0.2, 0.25) is 0 Å². The molecule has 22 heavy (non-hydrogen) atoms. The van der Waals surface area contributed by atoms with E-state index in [-0.39, 0.29) is 12.0 Å². The van der Waals surface area contributed by atoms with Gasteiger partial charge in [0.2, 0.25) is 0 Å². The van der Waals surface area contributed by atoms with Gasteiger partial charge in [-0.15, -0.1) is 0 Å². The van der Waals surface area contributed by atoms with Gasteiger partial charge in [-0.1, -0.05) is 18.2 Å². The van der Waals surface area contributed by atoms with Gasteiger partial charge in [-0.25, -0.2) is 0 Å². The molecule has 1 aliphatic rings. The van der Waals surface area contributed by atoms with Crippen molar-refractivity contribution in [3.63, 3.8) is 0 Å². The van der Waals surface area contributed by atoms with Gasteiger partial charge in [-0.2, -0.15) is 5.10 Å². The maximum Gasteiger partial charge on any atom is 0.275 e. The number of aromatic nitrogens is 2. The Morgan fingerprint density at radius 2 is 2.18 bits per heavy atom. The summed E-state index contributed by atoms with van der Waals surface area (Å²) >= 11 is 0. The maximum absolute atomic E-state index is 12.7. The Balaban J connectivity index is 1.60. The molecule has 1 aromatic carbocycles. The number of para-hydroxylation sites is 1. The number of rotatable bonds is 2. The van der Waals surface area contributed by atoms with Crippen molar-refractivity contribution >= 4 is 16.8 Å². The third-order valence-corrected chi connectivity index (χ3v) is 3.89. The number of benzene rings is 1. The Hall–Kier alpha value is -2.60. The average Bonchev–Trinajstić information content (AvgIpc) is 3.24. The number of nitrogens with one attached hydrogen (secondary N) is 1. The van der Waals surface area contributed by atoms with Crippen LogP contribution in [0.15, 0.2) is 47.1 Å². The number of H-pyrrole nitrogens is 1. The molecule has 1 amide bonds. The van der Waals surface area contributed by atoms with E-state index in [1.165, 1.54) is 0 Å². The van der Waals surface area contributed by atoms with Crippen molar-refractivity contribution in [2.45, 2.75) is 6.10 Å². The molecule has 0 spiro atoms. The summed E-state index contributed by atoms with van der Waals surface area (Å²) in [6.45, 7) is 1.50. The SMILES string of the molecule is O=C(c1n[nH]c2ccccc12)N1CCO[C@@H](c2ccco2)C1. The topological polar surface area (TPSA) is 71.4 Å². The van der Waals surface area contributed by atoms with E-state index >= 15 is 0 Å². The van der Waals surface area contributed by atoms with E-state index in [1.807, 2.05) is 36.4 Å². The quantitative estimate of drug-likeness (QED) is 0.788. The minimum absolute atomic E-state index is 0.0858. The highest BCUT2D eigenvalue weighted by molar-refractivity contribution is 6.04. The molecule has 1 atom stereocenters. The molecule has 112 valence electrons. The summed E-state index contributed by atoms with van der Waals surface area (Å²) in [5.41, 5.74) is 1.32. The molecule has 2 aromatic heterocycles. The molecule has 3 heterocycles. The second kappa shape index (κ2) is 5.31. The molecule has 1 aliphatic heterocycles. The molecule has 1 N–H and O–H groups in total. The Morgan fingerprint density at radius 3 is 3.05 bits per heavy atom. The minimum Gasteiger partial charge on any atom is -0.467 e. The monoisotopic (exact) mass is 297 g/mol. The highest BCUT2D eigenvalue weighted by Crippen LogP contribution is 2.24. The molecule has 4 rings (SSSR count). The summed E-state index contributed by atoms with van der Waals surface area (Å²) in [5, 5.41) is 7.92. The van der Waals surface area contributed by atoms with Gasteiger partial charge >= 0.3 is 0 Å². The molecular weight excluding hydrogens is 282 g/mol. The van der Waals surface area contributed by atoms with Crippen LogP contribution in [0.4, 0.5) is 0 Å². The Morgan fingerprint density at radius 1 is 1.27 bits per heavy atom. The summed E-state index contributed by atoms with van der Waals surface area (Å²) < 4.78 is 11.1. The summed E-state index contributed by atoms with van der Waals surface area (Å²) in [5.74, 6) is 0.654. The van der Waals surface area contributed by atoms with Crippen LogP contribution >= 0.6 is 0 Å². The standard InChI is InChI=1S/C16H15N3O3/c20-16(15-11-4-1-2-5-12(11)17-18-15)19-7-9-22-14(10-19)13-6-3-8-21-13/h1-6,8,14H,7,9-10H2,(H,17,18)/t14-/m1/s1. The first-order valence-electron chi connectivity index (χ1n) is 7.20. The number of carbonyl (C=O) groups is 1. The van der Waals surface area contributed by atoms with Gasteiger partial charge in [-0.05, 0) is 18.2 Å². The van der Waals surface area contributed by atoms with Crippen molar-refractivity contribution in [1.29, 1.82) is 0 Å². The fourth-order valence-corrected chi connectivity index (χ4v) is 2.76. The lowest BCUT2D eigenvalue weighted by Crippen LogP contribution is -2.42. The van der Waals surface area contributed by atoms with Crippen LogP contribution in [0.5, 0.6) is 0 Å². The van der Waals surface area contributed by atoms with Crippen LogP contribution < -0.4 is 0 Å². The molecule has 0 unspecified atom stereocenters. The highest BCUT2D eigenvalue weighted by Gasteiger charge is 2.29. The van der Waals surface area contributed by atoms with E-state index in [9.17, 15) is 4.79 Å². The first-order chi connectivity index (χ1) is 10.8. The molecule has 1 saturated heterocycles. The van der Waals surface area contributed by atoms with Crippen molar-refractivity contribution in [2.24, 2.45) is 0 Å². The van der Waals surface area contributed by atoms with Crippen LogP contribution in [-0.2, 0) is 4.74 Å². The maximum atomic E-state index is 12.7. The number of carbonyl (C=O) groups excluding carboxylic acids is 1. The number of aromatic amines is 1. The Labute approximate surface area is 126 Å². The summed E-state index contributed by atoms with van der Waals surface area (Å²) in [7, 11) is 0. The van der Waals surface area contributed by atoms with E-state index in [1.54, 1.807) is 11.2 Å². The summed E-state index contributed by atoms with van der Waals surface area (Å²) in [6, 6.07) is 11.3. The van der Waals surface area contributed by atoms with Gasteiger partial charge < -0.3 is 14.1 Å². The van der Waals surface area contributed by atoms with Gasteiger partial charge in [0, 0.05) is 11.9 Å². The van der Waals surface area contributed by atoms with Crippen molar-refractivity contribution in [3.05, 3.63) is 54.1 Å². The van der Waals surface area contributed by atoms with Crippen LogP contribution in [0.1, 0.15) is 22.4 Å². The molecule has 0 bridgehead atoms. The number of hydrogen-bond donors (Lipinski definition) is 1. The molecule has 3 aromatic rings. The van der Waals surface area contributed by atoms with Crippen molar-refractivity contribution in [1.82, 2.24) is 15.1 Å². The van der Waals surface area contributed by atoms with Gasteiger partial charge in [-0.3, -0.25) is 9.89 Å². The van der Waals surface area contributed by atoms with Crippen LogP contribution in [0, 0.1) is 0 Å². The van der Waals surface area contributed by atoms with E-state index in [2.05, 4.69) is 10.2 Å². The number of hydrogen-bond acceptors (Lipinski definition) is 4. The van der Waals surface area contributed by atoms with Gasteiger partial charge in [0.25, 0.3) is 5.91 Å². The fraction of sp³-hybridized carbons (Fsp3) is 0.250. The number of morpholine rings is 1. The molecule has 6 heteroatoms. The Bertz CT molecular complexity index is 794. The Kier molecular flexibility index (Phi) is 3.16. The molecule has 1 fully saturated rings. The summed E-state index contributed by atoms with van der Waals surface area (Å²) in [6.07, 6.45) is 1.39. The van der Waals surface area contributed by atoms with Crippen LogP contribution in [-0.4, -0.2) is 40.7 Å². The first-order valence-corrected chi connectivity index (χ1v) is 7.20. The lowest BCUT2D eigenvalue weighted by atomic mass is 10.1. The number of nitrogens with zero attached hydrogens (tertiary/aromatic N) is 2. The zero-order valence-corrected chi connectivity index (χ0v) is 11.9. The van der Waals surface area contributed by atoms with Crippen molar-refractivity contribution < 1.29 is 13.9 Å². The number of amides is 1. The number of furan rings is 1. The highest BCUT2D eigenvalue weighted by atomic mass is 16.5. The van der Waals surface area contributed by atoms with Gasteiger partial charge in [0.15, 0.2) is 5.69 Å². The third kappa shape index (κ3) is 2.17. The van der Waals surface area contributed by atoms with E-state index < -0.39 is 0 Å². The van der Waals surface area contributed by atoms with Crippen LogP contribution in [0.25, 0.3) is 10.9 Å². The minimum atomic E-state index is -0.224. The largest absolute Gasteiger partial charge is 0.467 e. The fourth-order valence-electron chi connectivity index (χ4n) is 2.76. The van der Waals surface area contributed by atoms with Crippen LogP contribution in [0.3, 0.4) is 0 Å². The normalized spacial score (nSPS) is 18.7. The van der Waals surface area contributed by atoms with Gasteiger partial charge in [0.1, 0.15) is 11.9 Å². The zero-order chi connectivity index (χ0) is 14.9. The lowest BCUT2D eigenvalue weighted by molar-refractivity contribution is -0.0322. The molecule has 0 aliphatic carbocycles. The molecule has 6 nitrogen and oxygen atoms in total. The third-order valence-electron chi connectivity index (χ3n) is 3.89. The van der Waals surface area contributed by atoms with E-state index in [0.29, 0.717) is 25.4 Å². The molecule has 0 saturated carbocycles. The van der Waals surface area contributed by atoms with Crippen molar-refractivity contribution in [3.8, 4) is 0 Å². The first kappa shape index (κ1) is 13.1. The predicted molar refractivity (Wildman–Crippen MR) is 79.4 cm³/mol. The van der Waals surface area contributed by atoms with E-state index in [4.69, 9.17) is 9.15 Å².